The summed E-state index contributed by atoms with van der Waals surface area (Å²) in [5.41, 5.74) is -0.605. The quantitative estimate of drug-likeness (QED) is 0.361. The first kappa shape index (κ1) is 31.1. The van der Waals surface area contributed by atoms with Crippen molar-refractivity contribution in [3.05, 3.63) is 90.3 Å². The van der Waals surface area contributed by atoms with Crippen molar-refractivity contribution in [1.29, 1.82) is 5.26 Å². The minimum Gasteiger partial charge on any atom is -0.418 e. The molecule has 0 spiro atoms. The molecule has 2 aromatic carbocycles. The Hall–Kier alpha value is -4.38. The molecule has 2 aliphatic heterocycles. The summed E-state index contributed by atoms with van der Waals surface area (Å²) in [6.07, 6.45) is 1.21. The SMILES string of the molecule is CN1C(=O)[C@@]2(SC(=O)Oc3ccccc3)C[C@](C)(C#N)[C@H](c3ccc(CO)nc3)N2C(=O)[C@]1(C)SC(=O)Oc1ccccc1. The second kappa shape index (κ2) is 12.0. The van der Waals surface area contributed by atoms with Gasteiger partial charge in [0.05, 0.1) is 29.8 Å². The Bertz CT molecular complexity index is 1640. The summed E-state index contributed by atoms with van der Waals surface area (Å²) < 4.78 is 10.9. The molecule has 1 aromatic heterocycles. The number of aliphatic hydroxyl groups is 1. The van der Waals surface area contributed by atoms with E-state index in [1.54, 1.807) is 79.7 Å². The van der Waals surface area contributed by atoms with E-state index in [4.69, 9.17) is 9.47 Å². The van der Waals surface area contributed by atoms with E-state index in [0.29, 0.717) is 34.8 Å². The molecule has 0 aliphatic carbocycles. The van der Waals surface area contributed by atoms with E-state index in [2.05, 4.69) is 11.1 Å². The largest absolute Gasteiger partial charge is 0.418 e. The molecule has 2 aliphatic rings. The van der Waals surface area contributed by atoms with Gasteiger partial charge in [-0.05, 0) is 73.3 Å². The van der Waals surface area contributed by atoms with Gasteiger partial charge in [-0.15, -0.1) is 0 Å². The third-order valence-electron chi connectivity index (χ3n) is 7.76. The van der Waals surface area contributed by atoms with Crippen LogP contribution in [0.4, 0.5) is 9.59 Å². The van der Waals surface area contributed by atoms with Crippen molar-refractivity contribution in [2.75, 3.05) is 7.05 Å². The highest BCUT2D eigenvalue weighted by atomic mass is 32.2. The molecule has 0 bridgehead atoms. The number of nitrogens with zero attached hydrogens (tertiary/aromatic N) is 4. The van der Waals surface area contributed by atoms with E-state index in [0.717, 1.165) is 4.90 Å². The fraction of sp³-hybridized carbons (Fsp3) is 0.290. The lowest BCUT2D eigenvalue weighted by Crippen LogP contribution is -2.71. The van der Waals surface area contributed by atoms with Gasteiger partial charge in [-0.3, -0.25) is 14.6 Å². The van der Waals surface area contributed by atoms with Crippen LogP contribution in [0, 0.1) is 16.7 Å². The summed E-state index contributed by atoms with van der Waals surface area (Å²) in [5, 5.41) is 18.3. The lowest BCUT2D eigenvalue weighted by Gasteiger charge is -2.52. The Morgan fingerprint density at radius 3 is 2.02 bits per heavy atom. The number of aromatic nitrogens is 1. The fourth-order valence-electron chi connectivity index (χ4n) is 5.52. The van der Waals surface area contributed by atoms with Gasteiger partial charge in [0.1, 0.15) is 11.5 Å². The average Bonchev–Trinajstić information content (AvgIpc) is 3.29. The smallest absolute Gasteiger partial charge is 0.375 e. The van der Waals surface area contributed by atoms with Gasteiger partial charge in [-0.2, -0.15) is 5.26 Å². The Kier molecular flexibility index (Phi) is 8.44. The number of benzene rings is 2. The number of rotatable bonds is 6. The van der Waals surface area contributed by atoms with Crippen molar-refractivity contribution >= 4 is 45.9 Å². The van der Waals surface area contributed by atoms with Crippen molar-refractivity contribution in [1.82, 2.24) is 14.8 Å². The zero-order valence-corrected chi connectivity index (χ0v) is 25.6. The van der Waals surface area contributed by atoms with Gasteiger partial charge in [0.2, 0.25) is 0 Å². The Morgan fingerprint density at radius 1 is 0.955 bits per heavy atom. The van der Waals surface area contributed by atoms with Crippen LogP contribution in [-0.2, 0) is 16.2 Å². The zero-order valence-electron chi connectivity index (χ0n) is 24.0. The number of hydrogen-bond donors (Lipinski definition) is 1. The molecular formula is C31H28N4O7S2. The number of thioether (sulfide) groups is 2. The first-order valence-electron chi connectivity index (χ1n) is 13.5. The van der Waals surface area contributed by atoms with Gasteiger partial charge in [-0.1, -0.05) is 42.5 Å². The molecule has 0 unspecified atom stereocenters. The molecule has 1 N–H and O–H groups in total. The van der Waals surface area contributed by atoms with E-state index in [1.165, 1.54) is 25.1 Å². The monoisotopic (exact) mass is 632 g/mol. The number of piperazine rings is 1. The molecule has 11 nitrogen and oxygen atoms in total. The number of carbonyl (C=O) groups is 4. The van der Waals surface area contributed by atoms with Crippen LogP contribution in [0.15, 0.2) is 79.0 Å². The number of carbonyl (C=O) groups excluding carboxylic acids is 4. The molecule has 44 heavy (non-hydrogen) atoms. The number of ether oxygens (including phenoxy) is 2. The third kappa shape index (κ3) is 5.40. The summed E-state index contributed by atoms with van der Waals surface area (Å²) in [5.74, 6) is -0.866. The van der Waals surface area contributed by atoms with Crippen LogP contribution in [-0.4, -0.2) is 59.1 Å². The summed E-state index contributed by atoms with van der Waals surface area (Å²) in [6.45, 7) is 2.71. The van der Waals surface area contributed by atoms with Crippen molar-refractivity contribution in [2.24, 2.45) is 5.41 Å². The highest BCUT2D eigenvalue weighted by Gasteiger charge is 2.72. The van der Waals surface area contributed by atoms with Crippen LogP contribution in [0.1, 0.15) is 37.6 Å². The normalized spacial score (nSPS) is 26.1. The van der Waals surface area contributed by atoms with Crippen LogP contribution in [0.5, 0.6) is 11.5 Å². The molecule has 0 saturated carbocycles. The highest BCUT2D eigenvalue weighted by Crippen LogP contribution is 2.62. The first-order chi connectivity index (χ1) is 21.0. The van der Waals surface area contributed by atoms with E-state index >= 15 is 0 Å². The maximum absolute atomic E-state index is 14.7. The van der Waals surface area contributed by atoms with Gasteiger partial charge in [0, 0.05) is 19.7 Å². The van der Waals surface area contributed by atoms with Crippen LogP contribution in [0.2, 0.25) is 0 Å². The highest BCUT2D eigenvalue weighted by molar-refractivity contribution is 8.15. The first-order valence-corrected chi connectivity index (χ1v) is 15.1. The van der Waals surface area contributed by atoms with Gasteiger partial charge in [0.25, 0.3) is 11.8 Å². The number of nitriles is 1. The average molecular weight is 633 g/mol. The number of pyridine rings is 1. The van der Waals surface area contributed by atoms with Gasteiger partial charge >= 0.3 is 10.6 Å². The van der Waals surface area contributed by atoms with E-state index in [9.17, 15) is 29.5 Å². The molecule has 3 aromatic rings. The Morgan fingerprint density at radius 2 is 1.52 bits per heavy atom. The van der Waals surface area contributed by atoms with Gasteiger partial charge < -0.3 is 24.4 Å². The minimum absolute atomic E-state index is 0.221. The lowest BCUT2D eigenvalue weighted by molar-refractivity contribution is -0.163. The molecular weight excluding hydrogens is 604 g/mol. The summed E-state index contributed by atoms with van der Waals surface area (Å²) in [6, 6.07) is 20.9. The topological polar surface area (TPSA) is 150 Å². The van der Waals surface area contributed by atoms with Crippen molar-refractivity contribution in [3.63, 3.8) is 0 Å². The summed E-state index contributed by atoms with van der Waals surface area (Å²) in [4.78, 5) is 58.5. The molecule has 13 heteroatoms. The number of para-hydroxylation sites is 2. The molecule has 3 heterocycles. The van der Waals surface area contributed by atoms with Crippen molar-refractivity contribution in [2.45, 2.75) is 42.7 Å². The van der Waals surface area contributed by atoms with Crippen LogP contribution < -0.4 is 9.47 Å². The molecule has 0 radical (unpaired) electrons. The van der Waals surface area contributed by atoms with Gasteiger partial charge in [0.15, 0.2) is 9.74 Å². The Labute approximate surface area is 262 Å². The number of fused-ring (bicyclic) bond motifs is 1. The molecule has 226 valence electrons. The van der Waals surface area contributed by atoms with E-state index in [1.807, 2.05) is 0 Å². The predicted molar refractivity (Wildman–Crippen MR) is 162 cm³/mol. The molecule has 2 fully saturated rings. The Balaban J connectivity index is 1.59. The number of hydrogen-bond acceptors (Lipinski definition) is 11. The fourth-order valence-corrected chi connectivity index (χ4v) is 7.68. The third-order valence-corrected chi connectivity index (χ3v) is 9.96. The summed E-state index contributed by atoms with van der Waals surface area (Å²) in [7, 11) is 1.37. The van der Waals surface area contributed by atoms with Crippen molar-refractivity contribution in [3.8, 4) is 17.6 Å². The second-order valence-corrected chi connectivity index (χ2v) is 13.2. The summed E-state index contributed by atoms with van der Waals surface area (Å²) >= 11 is 1.02. The van der Waals surface area contributed by atoms with Crippen LogP contribution in [0.3, 0.4) is 0 Å². The lowest BCUT2D eigenvalue weighted by atomic mass is 9.80. The van der Waals surface area contributed by atoms with Crippen LogP contribution >= 0.6 is 23.5 Å². The number of amides is 2. The molecule has 2 saturated heterocycles. The van der Waals surface area contributed by atoms with E-state index in [-0.39, 0.29) is 24.5 Å². The number of likely N-dealkylation sites (N-methyl/N-ethyl adjacent to an activating group) is 1. The molecule has 5 rings (SSSR count). The minimum atomic E-state index is -1.90. The zero-order chi connectivity index (χ0) is 31.7. The number of aliphatic hydroxyl groups excluding tert-OH is 1. The van der Waals surface area contributed by atoms with Crippen molar-refractivity contribution < 1.29 is 33.8 Å². The van der Waals surface area contributed by atoms with E-state index < -0.39 is 43.6 Å². The van der Waals surface area contributed by atoms with Crippen LogP contribution in [0.25, 0.3) is 0 Å². The van der Waals surface area contributed by atoms with Gasteiger partial charge in [-0.25, -0.2) is 9.59 Å². The second-order valence-electron chi connectivity index (χ2n) is 10.7. The standard InChI is InChI=1S/C31H28N4O7S2/c1-29(19-32)18-31(44-28(40)42-23-12-8-5-9-13-23)26(38)34(3)30(2,43-27(39)41-22-10-6-4-7-11-22)25(37)35(31)24(29)20-14-15-21(17-36)33-16-20/h4-16,24,36H,17-18H2,1-3H3/t24-,29+,30-,31-/m0/s1. The molecule has 2 amide bonds. The maximum Gasteiger partial charge on any atom is 0.375 e. The maximum atomic E-state index is 14.7. The molecule has 4 atom stereocenters. The predicted octanol–water partition coefficient (Wildman–Crippen LogP) is 5.13.